The average Bonchev–Trinajstić information content (AvgIpc) is 2.16. The zero-order valence-corrected chi connectivity index (χ0v) is 6.87. The monoisotopic (exact) mass is 177 g/mol. The smallest absolute Gasteiger partial charge is 0.140 e. The van der Waals surface area contributed by atoms with Crippen molar-refractivity contribution in [1.29, 1.82) is 5.26 Å². The van der Waals surface area contributed by atoms with Gasteiger partial charge in [-0.3, -0.25) is 0 Å². The molecule has 0 fully saturated rings. The van der Waals surface area contributed by atoms with E-state index in [9.17, 15) is 4.39 Å². The van der Waals surface area contributed by atoms with Crippen LogP contribution in [0.2, 0.25) is 0 Å². The third-order valence-corrected chi connectivity index (χ3v) is 1.53. The van der Waals surface area contributed by atoms with Crippen LogP contribution in [0.3, 0.4) is 0 Å². The number of hydrogen-bond acceptors (Lipinski definition) is 2. The van der Waals surface area contributed by atoms with Crippen molar-refractivity contribution in [1.82, 2.24) is 0 Å². The molecule has 0 atom stereocenters. The van der Waals surface area contributed by atoms with Crippen LogP contribution in [-0.4, -0.2) is 11.7 Å². The first kappa shape index (κ1) is 9.43. The van der Waals surface area contributed by atoms with Gasteiger partial charge in [-0.15, -0.1) is 0 Å². The van der Waals surface area contributed by atoms with Gasteiger partial charge in [0.1, 0.15) is 11.9 Å². The summed E-state index contributed by atoms with van der Waals surface area (Å²) < 4.78 is 12.8. The summed E-state index contributed by atoms with van der Waals surface area (Å²) in [5, 5.41) is 17.0. The minimum atomic E-state index is -0.524. The second-order valence-corrected chi connectivity index (χ2v) is 2.44. The number of aliphatic hydroxyl groups excluding tert-OH is 1. The van der Waals surface area contributed by atoms with E-state index in [1.54, 1.807) is 18.2 Å². The maximum Gasteiger partial charge on any atom is 0.140 e. The molecular formula is C10H8FNO. The standard InChI is InChI=1S/C10H8FNO/c11-10-4-3-8(2-1-5-13)6-9(10)7-12/h1-4,6,13H,5H2. The molecular weight excluding hydrogens is 169 g/mol. The van der Waals surface area contributed by atoms with Gasteiger partial charge in [-0.25, -0.2) is 4.39 Å². The van der Waals surface area contributed by atoms with E-state index in [0.717, 1.165) is 0 Å². The minimum Gasteiger partial charge on any atom is -0.392 e. The SMILES string of the molecule is N#Cc1cc(C=CCO)ccc1F. The molecule has 0 bridgehead atoms. The van der Waals surface area contributed by atoms with Gasteiger partial charge < -0.3 is 5.11 Å². The second kappa shape index (κ2) is 4.39. The van der Waals surface area contributed by atoms with Gasteiger partial charge in [0.05, 0.1) is 12.2 Å². The molecule has 66 valence electrons. The van der Waals surface area contributed by atoms with Crippen LogP contribution in [0.4, 0.5) is 4.39 Å². The molecule has 0 amide bonds. The number of aliphatic hydroxyl groups is 1. The quantitative estimate of drug-likeness (QED) is 0.747. The average molecular weight is 177 g/mol. The first-order valence-electron chi connectivity index (χ1n) is 3.75. The van der Waals surface area contributed by atoms with Crippen LogP contribution in [-0.2, 0) is 0 Å². The molecule has 0 aliphatic rings. The topological polar surface area (TPSA) is 44.0 Å². The molecule has 13 heavy (non-hydrogen) atoms. The molecule has 1 aromatic carbocycles. The van der Waals surface area contributed by atoms with E-state index in [4.69, 9.17) is 10.4 Å². The third kappa shape index (κ3) is 2.39. The molecule has 1 rings (SSSR count). The molecule has 2 nitrogen and oxygen atoms in total. The molecule has 0 saturated carbocycles. The van der Waals surface area contributed by atoms with Crippen LogP contribution in [0.15, 0.2) is 24.3 Å². The van der Waals surface area contributed by atoms with Crippen molar-refractivity contribution in [2.24, 2.45) is 0 Å². The summed E-state index contributed by atoms with van der Waals surface area (Å²) in [7, 11) is 0. The van der Waals surface area contributed by atoms with Gasteiger partial charge >= 0.3 is 0 Å². The Morgan fingerprint density at radius 2 is 2.31 bits per heavy atom. The van der Waals surface area contributed by atoms with E-state index >= 15 is 0 Å². The van der Waals surface area contributed by atoms with Crippen LogP contribution >= 0.6 is 0 Å². The molecule has 3 heteroatoms. The van der Waals surface area contributed by atoms with Crippen molar-refractivity contribution < 1.29 is 9.50 Å². The Morgan fingerprint density at radius 3 is 2.92 bits per heavy atom. The molecule has 0 aliphatic heterocycles. The summed E-state index contributed by atoms with van der Waals surface area (Å²) in [6.07, 6.45) is 3.15. The zero-order valence-electron chi connectivity index (χ0n) is 6.87. The van der Waals surface area contributed by atoms with E-state index in [-0.39, 0.29) is 12.2 Å². The van der Waals surface area contributed by atoms with Gasteiger partial charge in [-0.05, 0) is 17.7 Å². The van der Waals surface area contributed by atoms with Crippen molar-refractivity contribution in [2.75, 3.05) is 6.61 Å². The minimum absolute atomic E-state index is 0.0140. The van der Waals surface area contributed by atoms with Crippen LogP contribution in [0, 0.1) is 17.1 Å². The van der Waals surface area contributed by atoms with Crippen molar-refractivity contribution >= 4 is 6.08 Å². The summed E-state index contributed by atoms with van der Waals surface area (Å²) in [6, 6.07) is 5.95. The summed E-state index contributed by atoms with van der Waals surface area (Å²) in [5.41, 5.74) is 0.715. The van der Waals surface area contributed by atoms with Gasteiger partial charge in [0.25, 0.3) is 0 Å². The number of rotatable bonds is 2. The Hall–Kier alpha value is -1.66. The molecule has 1 aromatic rings. The van der Waals surface area contributed by atoms with Crippen LogP contribution in [0.5, 0.6) is 0 Å². The molecule has 0 saturated heterocycles. The summed E-state index contributed by atoms with van der Waals surface area (Å²) in [5.74, 6) is -0.524. The lowest BCUT2D eigenvalue weighted by molar-refractivity contribution is 0.343. The van der Waals surface area contributed by atoms with Gasteiger partial charge in [0, 0.05) is 0 Å². The number of nitriles is 1. The van der Waals surface area contributed by atoms with Crippen LogP contribution < -0.4 is 0 Å². The lowest BCUT2D eigenvalue weighted by Crippen LogP contribution is -1.84. The highest BCUT2D eigenvalue weighted by molar-refractivity contribution is 5.52. The highest BCUT2D eigenvalue weighted by atomic mass is 19.1. The predicted molar refractivity (Wildman–Crippen MR) is 47.2 cm³/mol. The number of benzene rings is 1. The molecule has 0 aromatic heterocycles. The van der Waals surface area contributed by atoms with Crippen LogP contribution in [0.25, 0.3) is 6.08 Å². The first-order valence-corrected chi connectivity index (χ1v) is 3.75. The summed E-state index contributed by atoms with van der Waals surface area (Å²) >= 11 is 0. The van der Waals surface area contributed by atoms with E-state index in [0.29, 0.717) is 5.56 Å². The van der Waals surface area contributed by atoms with Crippen molar-refractivity contribution in [3.05, 3.63) is 41.2 Å². The summed E-state index contributed by atoms with van der Waals surface area (Å²) in [4.78, 5) is 0. The van der Waals surface area contributed by atoms with E-state index in [2.05, 4.69) is 0 Å². The number of hydrogen-bond donors (Lipinski definition) is 1. The number of halogens is 1. The van der Waals surface area contributed by atoms with E-state index in [1.165, 1.54) is 18.2 Å². The Labute approximate surface area is 75.6 Å². The molecule has 1 N–H and O–H groups in total. The lowest BCUT2D eigenvalue weighted by Gasteiger charge is -1.95. The third-order valence-electron chi connectivity index (χ3n) is 1.53. The fourth-order valence-corrected chi connectivity index (χ4v) is 0.921. The Kier molecular flexibility index (Phi) is 3.18. The zero-order chi connectivity index (χ0) is 9.68. The summed E-state index contributed by atoms with van der Waals surface area (Å²) in [6.45, 7) is -0.0702. The molecule has 0 radical (unpaired) electrons. The van der Waals surface area contributed by atoms with E-state index < -0.39 is 5.82 Å². The maximum atomic E-state index is 12.8. The Morgan fingerprint density at radius 1 is 1.54 bits per heavy atom. The van der Waals surface area contributed by atoms with E-state index in [1.807, 2.05) is 0 Å². The number of nitrogens with zero attached hydrogens (tertiary/aromatic N) is 1. The largest absolute Gasteiger partial charge is 0.392 e. The first-order chi connectivity index (χ1) is 6.27. The van der Waals surface area contributed by atoms with Crippen molar-refractivity contribution in [3.63, 3.8) is 0 Å². The predicted octanol–water partition coefficient (Wildman–Crippen LogP) is 1.70. The Bertz CT molecular complexity index is 366. The van der Waals surface area contributed by atoms with Gasteiger partial charge in [-0.2, -0.15) is 5.26 Å². The van der Waals surface area contributed by atoms with Gasteiger partial charge in [0.15, 0.2) is 0 Å². The second-order valence-electron chi connectivity index (χ2n) is 2.44. The Balaban J connectivity index is 3.01. The maximum absolute atomic E-state index is 12.8. The van der Waals surface area contributed by atoms with Crippen molar-refractivity contribution in [2.45, 2.75) is 0 Å². The normalized spacial score (nSPS) is 10.2. The van der Waals surface area contributed by atoms with Crippen molar-refractivity contribution in [3.8, 4) is 6.07 Å². The molecule has 0 heterocycles. The molecule has 0 aliphatic carbocycles. The highest BCUT2D eigenvalue weighted by Crippen LogP contribution is 2.10. The molecule has 0 unspecified atom stereocenters. The van der Waals surface area contributed by atoms with Crippen LogP contribution in [0.1, 0.15) is 11.1 Å². The lowest BCUT2D eigenvalue weighted by atomic mass is 10.1. The fraction of sp³-hybridized carbons (Fsp3) is 0.100. The molecule has 0 spiro atoms. The highest BCUT2D eigenvalue weighted by Gasteiger charge is 1.99. The fourth-order valence-electron chi connectivity index (χ4n) is 0.921. The van der Waals surface area contributed by atoms with Gasteiger partial charge in [0.2, 0.25) is 0 Å². The van der Waals surface area contributed by atoms with Gasteiger partial charge in [-0.1, -0.05) is 18.2 Å².